The zero-order chi connectivity index (χ0) is 23.9. The maximum absolute atomic E-state index is 13.1. The summed E-state index contributed by atoms with van der Waals surface area (Å²) in [6.45, 7) is 3.02. The molecule has 1 aliphatic carbocycles. The van der Waals surface area contributed by atoms with E-state index in [2.05, 4.69) is 15.3 Å². The van der Waals surface area contributed by atoms with E-state index in [1.165, 1.54) is 0 Å². The lowest BCUT2D eigenvalue weighted by Gasteiger charge is -2.47. The molecule has 1 saturated heterocycles. The van der Waals surface area contributed by atoms with Gasteiger partial charge in [0.15, 0.2) is 5.79 Å². The summed E-state index contributed by atoms with van der Waals surface area (Å²) >= 11 is 6.32. The maximum Gasteiger partial charge on any atom is 0.259 e. The zero-order valence-electron chi connectivity index (χ0n) is 19.8. The average Bonchev–Trinajstić information content (AvgIpc) is 2.86. The number of hydrogen-bond acceptors (Lipinski definition) is 7. The molecule has 1 spiro atoms. The standard InChI is InChI=1S/C25H29ClN4O4.ClH/c1-24(13-31)14-33-25(34-15-24)9-7-17(8-10-25)28-23-27-12-16-11-19(18-5-3-4-6-20(18)26)22(32)30(2)21(16)29-23;/h3-6,11-12,17,31H,7-10,13-15H2,1-2H3,(H,27,28,29);1H. The van der Waals surface area contributed by atoms with Gasteiger partial charge < -0.3 is 19.9 Å². The summed E-state index contributed by atoms with van der Waals surface area (Å²) in [5.41, 5.74) is 1.28. The first-order valence-corrected chi connectivity index (χ1v) is 12.0. The molecular weight excluding hydrogens is 491 g/mol. The molecule has 0 atom stereocenters. The van der Waals surface area contributed by atoms with Gasteiger partial charge in [-0.3, -0.25) is 9.36 Å². The summed E-state index contributed by atoms with van der Waals surface area (Å²) in [5, 5.41) is 14.2. The van der Waals surface area contributed by atoms with Crippen molar-refractivity contribution >= 4 is 41.0 Å². The third-order valence-electron chi connectivity index (χ3n) is 6.94. The van der Waals surface area contributed by atoms with Crippen molar-refractivity contribution in [1.29, 1.82) is 0 Å². The third kappa shape index (κ3) is 5.04. The number of pyridine rings is 1. The molecule has 0 amide bonds. The van der Waals surface area contributed by atoms with Crippen molar-refractivity contribution in [3.63, 3.8) is 0 Å². The molecule has 2 N–H and O–H groups in total. The molecule has 3 aromatic rings. The van der Waals surface area contributed by atoms with Gasteiger partial charge in [0.2, 0.25) is 5.95 Å². The van der Waals surface area contributed by atoms with Crippen molar-refractivity contribution in [3.05, 3.63) is 51.9 Å². The monoisotopic (exact) mass is 520 g/mol. The molecule has 3 heterocycles. The molecule has 0 bridgehead atoms. The minimum absolute atomic E-state index is 0. The third-order valence-corrected chi connectivity index (χ3v) is 7.27. The number of aryl methyl sites for hydroxylation is 1. The van der Waals surface area contributed by atoms with Crippen LogP contribution in [0.3, 0.4) is 0 Å². The van der Waals surface area contributed by atoms with Crippen LogP contribution in [0, 0.1) is 5.41 Å². The number of halogens is 2. The van der Waals surface area contributed by atoms with Gasteiger partial charge in [0.1, 0.15) is 5.65 Å². The van der Waals surface area contributed by atoms with Crippen molar-refractivity contribution in [2.24, 2.45) is 12.5 Å². The molecule has 0 radical (unpaired) electrons. The molecule has 1 aliphatic heterocycles. The smallest absolute Gasteiger partial charge is 0.259 e. The predicted octanol–water partition coefficient (Wildman–Crippen LogP) is 4.17. The first-order valence-electron chi connectivity index (χ1n) is 11.6. The van der Waals surface area contributed by atoms with Gasteiger partial charge in [0.25, 0.3) is 5.56 Å². The van der Waals surface area contributed by atoms with E-state index in [1.54, 1.807) is 29.9 Å². The molecule has 35 heavy (non-hydrogen) atoms. The summed E-state index contributed by atoms with van der Waals surface area (Å²) in [4.78, 5) is 22.2. The van der Waals surface area contributed by atoms with Gasteiger partial charge in [-0.05, 0) is 25.0 Å². The van der Waals surface area contributed by atoms with Gasteiger partial charge in [0, 0.05) is 59.1 Å². The fourth-order valence-electron chi connectivity index (χ4n) is 4.65. The number of anilines is 1. The Morgan fingerprint density at radius 3 is 2.54 bits per heavy atom. The van der Waals surface area contributed by atoms with Crippen LogP contribution in [0.2, 0.25) is 5.02 Å². The molecule has 0 unspecified atom stereocenters. The number of hydrogen-bond donors (Lipinski definition) is 2. The van der Waals surface area contributed by atoms with Gasteiger partial charge in [-0.25, -0.2) is 4.98 Å². The van der Waals surface area contributed by atoms with Crippen LogP contribution in [0.15, 0.2) is 41.3 Å². The summed E-state index contributed by atoms with van der Waals surface area (Å²) in [5.74, 6) is -0.0666. The van der Waals surface area contributed by atoms with Crippen LogP contribution in [-0.4, -0.2) is 51.3 Å². The van der Waals surface area contributed by atoms with Gasteiger partial charge in [0.05, 0.1) is 19.8 Å². The minimum atomic E-state index is -0.559. The highest BCUT2D eigenvalue weighted by Gasteiger charge is 2.44. The average molecular weight is 521 g/mol. The van der Waals surface area contributed by atoms with E-state index in [4.69, 9.17) is 21.1 Å². The number of nitrogens with one attached hydrogen (secondary N) is 1. The number of aromatic nitrogens is 3. The highest BCUT2D eigenvalue weighted by molar-refractivity contribution is 6.33. The van der Waals surface area contributed by atoms with Gasteiger partial charge in [-0.15, -0.1) is 12.4 Å². The lowest BCUT2D eigenvalue weighted by Crippen LogP contribution is -2.52. The summed E-state index contributed by atoms with van der Waals surface area (Å²) in [6, 6.07) is 9.28. The molecule has 5 rings (SSSR count). The van der Waals surface area contributed by atoms with Gasteiger partial charge in [-0.2, -0.15) is 4.98 Å². The molecule has 1 aromatic carbocycles. The van der Waals surface area contributed by atoms with Crippen LogP contribution in [0.1, 0.15) is 32.6 Å². The predicted molar refractivity (Wildman–Crippen MR) is 138 cm³/mol. The molecule has 1 saturated carbocycles. The highest BCUT2D eigenvalue weighted by Crippen LogP contribution is 2.39. The van der Waals surface area contributed by atoms with E-state index in [0.29, 0.717) is 41.0 Å². The molecule has 2 aliphatic rings. The Morgan fingerprint density at radius 2 is 1.89 bits per heavy atom. The molecular formula is C25H30Cl2N4O4. The molecule has 188 valence electrons. The number of aliphatic hydroxyl groups excluding tert-OH is 1. The van der Waals surface area contributed by atoms with E-state index in [1.807, 2.05) is 25.1 Å². The van der Waals surface area contributed by atoms with E-state index in [9.17, 15) is 9.90 Å². The van der Waals surface area contributed by atoms with Crippen molar-refractivity contribution in [1.82, 2.24) is 14.5 Å². The summed E-state index contributed by atoms with van der Waals surface area (Å²) in [7, 11) is 1.71. The van der Waals surface area contributed by atoms with E-state index < -0.39 is 5.79 Å². The summed E-state index contributed by atoms with van der Waals surface area (Å²) < 4.78 is 13.7. The van der Waals surface area contributed by atoms with Crippen LogP contribution in [0.25, 0.3) is 22.2 Å². The minimum Gasteiger partial charge on any atom is -0.396 e. The van der Waals surface area contributed by atoms with Crippen molar-refractivity contribution in [3.8, 4) is 11.1 Å². The Morgan fingerprint density at radius 1 is 1.20 bits per heavy atom. The number of aliphatic hydroxyl groups is 1. The molecule has 10 heteroatoms. The Bertz CT molecular complexity index is 1260. The van der Waals surface area contributed by atoms with Gasteiger partial charge >= 0.3 is 0 Å². The Hall–Kier alpha value is -2.23. The van der Waals surface area contributed by atoms with Crippen LogP contribution in [-0.2, 0) is 16.5 Å². The first-order chi connectivity index (χ1) is 16.3. The molecule has 8 nitrogen and oxygen atoms in total. The normalized spacial score (nSPS) is 26.5. The number of rotatable bonds is 4. The van der Waals surface area contributed by atoms with Crippen LogP contribution in [0.5, 0.6) is 0 Å². The number of benzene rings is 1. The lowest BCUT2D eigenvalue weighted by atomic mass is 9.86. The van der Waals surface area contributed by atoms with Crippen LogP contribution < -0.4 is 10.9 Å². The quantitative estimate of drug-likeness (QED) is 0.532. The largest absolute Gasteiger partial charge is 0.396 e. The Labute approximate surface area is 215 Å². The maximum atomic E-state index is 13.1. The molecule has 2 aromatic heterocycles. The second-order valence-corrected chi connectivity index (χ2v) is 10.2. The van der Waals surface area contributed by atoms with Crippen molar-refractivity contribution in [2.75, 3.05) is 25.1 Å². The Balaban J connectivity index is 0.00000289. The second kappa shape index (κ2) is 10.0. The first kappa shape index (κ1) is 25.9. The van der Waals surface area contributed by atoms with E-state index >= 15 is 0 Å². The van der Waals surface area contributed by atoms with Crippen molar-refractivity contribution in [2.45, 2.75) is 44.4 Å². The fourth-order valence-corrected chi connectivity index (χ4v) is 4.89. The fraction of sp³-hybridized carbons (Fsp3) is 0.480. The van der Waals surface area contributed by atoms with E-state index in [0.717, 1.165) is 31.1 Å². The van der Waals surface area contributed by atoms with Crippen molar-refractivity contribution < 1.29 is 14.6 Å². The number of fused-ring (bicyclic) bond motifs is 1. The highest BCUT2D eigenvalue weighted by atomic mass is 35.5. The van der Waals surface area contributed by atoms with Crippen LogP contribution >= 0.6 is 24.0 Å². The Kier molecular flexibility index (Phi) is 7.41. The second-order valence-electron chi connectivity index (χ2n) is 9.75. The molecule has 2 fully saturated rings. The summed E-state index contributed by atoms with van der Waals surface area (Å²) in [6.07, 6.45) is 4.96. The zero-order valence-corrected chi connectivity index (χ0v) is 21.4. The van der Waals surface area contributed by atoms with Gasteiger partial charge in [-0.1, -0.05) is 36.7 Å². The SMILES string of the molecule is Cl.Cn1c(=O)c(-c2ccccc2Cl)cc2cnc(NC3CCC4(CC3)OCC(C)(CO)CO4)nc21. The van der Waals surface area contributed by atoms with E-state index in [-0.39, 0.29) is 36.0 Å². The number of nitrogens with zero attached hydrogens (tertiary/aromatic N) is 3. The van der Waals surface area contributed by atoms with Crippen LogP contribution in [0.4, 0.5) is 5.95 Å². The topological polar surface area (TPSA) is 98.5 Å². The number of ether oxygens (including phenoxy) is 2. The lowest BCUT2D eigenvalue weighted by molar-refractivity contribution is -0.316.